The number of thioether (sulfide) groups is 1. The van der Waals surface area contributed by atoms with Crippen molar-refractivity contribution in [3.63, 3.8) is 0 Å². The van der Waals surface area contributed by atoms with Gasteiger partial charge in [-0.25, -0.2) is 14.4 Å². The molecular formula is C20H20FN3OS2. The average Bonchev–Trinajstić information content (AvgIpc) is 3.24. The molecule has 1 aromatic carbocycles. The number of fused-ring (bicyclic) bond motifs is 3. The highest BCUT2D eigenvalue weighted by Gasteiger charge is 2.23. The summed E-state index contributed by atoms with van der Waals surface area (Å²) in [6.07, 6.45) is 5.67. The van der Waals surface area contributed by atoms with E-state index in [-0.39, 0.29) is 17.0 Å². The van der Waals surface area contributed by atoms with Gasteiger partial charge in [-0.3, -0.25) is 4.79 Å². The molecule has 7 heteroatoms. The van der Waals surface area contributed by atoms with Crippen LogP contribution in [0.4, 0.5) is 4.39 Å². The number of benzene rings is 1. The molecule has 2 aromatic heterocycles. The number of hydrogen-bond acceptors (Lipinski definition) is 5. The van der Waals surface area contributed by atoms with Crippen molar-refractivity contribution in [1.29, 1.82) is 0 Å². The Kier molecular flexibility index (Phi) is 5.41. The molecule has 27 heavy (non-hydrogen) atoms. The van der Waals surface area contributed by atoms with Gasteiger partial charge in [0.15, 0.2) is 0 Å². The van der Waals surface area contributed by atoms with Crippen LogP contribution in [0.1, 0.15) is 29.3 Å². The van der Waals surface area contributed by atoms with Gasteiger partial charge in [-0.05, 0) is 55.9 Å². The van der Waals surface area contributed by atoms with Gasteiger partial charge < -0.3 is 5.32 Å². The van der Waals surface area contributed by atoms with Crippen LogP contribution in [0.2, 0.25) is 0 Å². The van der Waals surface area contributed by atoms with Crippen molar-refractivity contribution in [3.8, 4) is 0 Å². The molecule has 1 amide bonds. The molecule has 0 aliphatic heterocycles. The van der Waals surface area contributed by atoms with Crippen molar-refractivity contribution >= 4 is 39.2 Å². The van der Waals surface area contributed by atoms with Gasteiger partial charge in [-0.15, -0.1) is 11.3 Å². The van der Waals surface area contributed by atoms with Crippen molar-refractivity contribution in [2.45, 2.75) is 42.9 Å². The number of rotatable bonds is 6. The maximum absolute atomic E-state index is 12.9. The third kappa shape index (κ3) is 3.99. The van der Waals surface area contributed by atoms with Crippen molar-refractivity contribution in [3.05, 3.63) is 52.4 Å². The Labute approximate surface area is 165 Å². The van der Waals surface area contributed by atoms with Crippen molar-refractivity contribution < 1.29 is 9.18 Å². The lowest BCUT2D eigenvalue weighted by atomic mass is 10.1. The molecule has 0 radical (unpaired) electrons. The van der Waals surface area contributed by atoms with E-state index < -0.39 is 0 Å². The van der Waals surface area contributed by atoms with Gasteiger partial charge in [0, 0.05) is 16.8 Å². The van der Waals surface area contributed by atoms with E-state index in [2.05, 4.69) is 15.3 Å². The third-order valence-electron chi connectivity index (χ3n) is 4.75. The van der Waals surface area contributed by atoms with E-state index in [0.717, 1.165) is 33.6 Å². The Morgan fingerprint density at radius 2 is 2.11 bits per heavy atom. The minimum absolute atomic E-state index is 0.0132. The first-order chi connectivity index (χ1) is 13.1. The van der Waals surface area contributed by atoms with Gasteiger partial charge in [-0.2, -0.15) is 0 Å². The molecular weight excluding hydrogens is 381 g/mol. The molecule has 3 aromatic rings. The fourth-order valence-corrected chi connectivity index (χ4v) is 5.60. The molecule has 0 fully saturated rings. The normalized spacial score (nSPS) is 14.3. The number of nitrogens with zero attached hydrogens (tertiary/aromatic N) is 2. The molecule has 4 rings (SSSR count). The van der Waals surface area contributed by atoms with E-state index in [1.165, 1.54) is 40.8 Å². The summed E-state index contributed by atoms with van der Waals surface area (Å²) in [5.74, 6) is -0.260. The number of hydrogen-bond donors (Lipinski definition) is 1. The predicted octanol–water partition coefficient (Wildman–Crippen LogP) is 4.16. The molecule has 1 aliphatic carbocycles. The Morgan fingerprint density at radius 1 is 1.30 bits per heavy atom. The van der Waals surface area contributed by atoms with Gasteiger partial charge in [0.25, 0.3) is 0 Å². The first kappa shape index (κ1) is 18.4. The van der Waals surface area contributed by atoms with Gasteiger partial charge in [-0.1, -0.05) is 23.9 Å². The topological polar surface area (TPSA) is 54.9 Å². The van der Waals surface area contributed by atoms with E-state index in [1.807, 2.05) is 6.92 Å². The minimum atomic E-state index is -0.246. The Balaban J connectivity index is 1.38. The molecule has 0 spiro atoms. The van der Waals surface area contributed by atoms with Crippen LogP contribution in [0, 0.1) is 5.82 Å². The molecule has 0 saturated heterocycles. The van der Waals surface area contributed by atoms with Gasteiger partial charge in [0.1, 0.15) is 22.0 Å². The maximum atomic E-state index is 12.9. The summed E-state index contributed by atoms with van der Waals surface area (Å²) >= 11 is 3.25. The average molecular weight is 402 g/mol. The summed E-state index contributed by atoms with van der Waals surface area (Å²) < 4.78 is 12.9. The number of aromatic nitrogens is 2. The minimum Gasteiger partial charge on any atom is -0.355 e. The van der Waals surface area contributed by atoms with E-state index >= 15 is 0 Å². The fourth-order valence-electron chi connectivity index (χ4n) is 3.33. The molecule has 1 N–H and O–H groups in total. The van der Waals surface area contributed by atoms with Crippen LogP contribution in [-0.2, 0) is 24.1 Å². The van der Waals surface area contributed by atoms with Crippen LogP contribution in [0.3, 0.4) is 0 Å². The fraction of sp³-hybridized carbons (Fsp3) is 0.350. The van der Waals surface area contributed by atoms with Gasteiger partial charge in [0.05, 0.1) is 5.25 Å². The summed E-state index contributed by atoms with van der Waals surface area (Å²) in [6, 6.07) is 6.37. The number of amides is 1. The second-order valence-corrected chi connectivity index (χ2v) is 9.06. The Hall–Kier alpha value is -1.99. The molecule has 1 atom stereocenters. The van der Waals surface area contributed by atoms with Crippen LogP contribution in [0.5, 0.6) is 0 Å². The zero-order chi connectivity index (χ0) is 18.8. The summed E-state index contributed by atoms with van der Waals surface area (Å²) in [5.41, 5.74) is 2.38. The smallest absolute Gasteiger partial charge is 0.233 e. The Morgan fingerprint density at radius 3 is 2.93 bits per heavy atom. The molecule has 2 heterocycles. The zero-order valence-electron chi connectivity index (χ0n) is 15.0. The van der Waals surface area contributed by atoms with Crippen LogP contribution < -0.4 is 5.32 Å². The lowest BCUT2D eigenvalue weighted by Gasteiger charge is -2.12. The first-order valence-corrected chi connectivity index (χ1v) is 10.8. The molecule has 4 nitrogen and oxygen atoms in total. The van der Waals surface area contributed by atoms with Gasteiger partial charge >= 0.3 is 0 Å². The zero-order valence-corrected chi connectivity index (χ0v) is 16.6. The van der Waals surface area contributed by atoms with Crippen LogP contribution in [0.15, 0.2) is 35.6 Å². The van der Waals surface area contributed by atoms with Crippen LogP contribution in [-0.4, -0.2) is 27.7 Å². The van der Waals surface area contributed by atoms with E-state index in [4.69, 9.17) is 0 Å². The lowest BCUT2D eigenvalue weighted by Crippen LogP contribution is -2.32. The van der Waals surface area contributed by atoms with Crippen molar-refractivity contribution in [1.82, 2.24) is 15.3 Å². The molecule has 0 unspecified atom stereocenters. The molecule has 1 aliphatic rings. The summed E-state index contributed by atoms with van der Waals surface area (Å²) in [5, 5.41) is 4.77. The Bertz CT molecular complexity index is 971. The van der Waals surface area contributed by atoms with E-state index in [0.29, 0.717) is 13.0 Å². The highest BCUT2D eigenvalue weighted by Crippen LogP contribution is 2.40. The number of aryl methyl sites for hydroxylation is 2. The van der Waals surface area contributed by atoms with E-state index in [1.54, 1.807) is 29.8 Å². The number of thiophene rings is 1. The second-order valence-electron chi connectivity index (χ2n) is 6.64. The second kappa shape index (κ2) is 7.94. The number of carbonyl (C=O) groups is 1. The largest absolute Gasteiger partial charge is 0.355 e. The number of halogens is 1. The van der Waals surface area contributed by atoms with Crippen LogP contribution >= 0.6 is 23.1 Å². The molecule has 0 saturated carbocycles. The monoisotopic (exact) mass is 401 g/mol. The molecule has 140 valence electrons. The highest BCUT2D eigenvalue weighted by atomic mass is 32.2. The van der Waals surface area contributed by atoms with Crippen molar-refractivity contribution in [2.75, 3.05) is 6.54 Å². The number of nitrogens with one attached hydrogen (secondary N) is 1. The quantitative estimate of drug-likeness (QED) is 0.498. The van der Waals surface area contributed by atoms with E-state index in [9.17, 15) is 9.18 Å². The third-order valence-corrected chi connectivity index (χ3v) is 7.05. The summed E-state index contributed by atoms with van der Waals surface area (Å²) in [7, 11) is 0. The standard InChI is InChI=1S/C20H20FN3OS2/c1-12(18(25)22-10-9-13-5-7-14(21)8-6-13)26-19-17-15-3-2-4-16(15)27-20(17)24-11-23-19/h5-8,11-12H,2-4,9-10H2,1H3,(H,22,25)/t12-/m0/s1. The maximum Gasteiger partial charge on any atom is 0.233 e. The number of carbonyl (C=O) groups excluding carboxylic acids is 1. The lowest BCUT2D eigenvalue weighted by molar-refractivity contribution is -0.120. The van der Waals surface area contributed by atoms with Crippen LogP contribution in [0.25, 0.3) is 10.2 Å². The predicted molar refractivity (Wildman–Crippen MR) is 108 cm³/mol. The summed E-state index contributed by atoms with van der Waals surface area (Å²) in [4.78, 5) is 23.8. The SMILES string of the molecule is C[C@H](Sc1ncnc2sc3c(c12)CCC3)C(=O)NCCc1ccc(F)cc1. The summed E-state index contributed by atoms with van der Waals surface area (Å²) in [6.45, 7) is 2.43. The highest BCUT2D eigenvalue weighted by molar-refractivity contribution is 8.00. The first-order valence-electron chi connectivity index (χ1n) is 9.06. The van der Waals surface area contributed by atoms with Gasteiger partial charge in [0.2, 0.25) is 5.91 Å². The van der Waals surface area contributed by atoms with Crippen molar-refractivity contribution in [2.24, 2.45) is 0 Å². The molecule has 0 bridgehead atoms.